The molecule has 8 aromatic carbocycles. The van der Waals surface area contributed by atoms with Gasteiger partial charge in [0.25, 0.3) is 0 Å². The van der Waals surface area contributed by atoms with E-state index in [0.717, 1.165) is 84.4 Å². The van der Waals surface area contributed by atoms with Crippen LogP contribution in [0.2, 0.25) is 0 Å². The summed E-state index contributed by atoms with van der Waals surface area (Å²) >= 11 is 0. The van der Waals surface area contributed by atoms with E-state index < -0.39 is 81.4 Å². The second kappa shape index (κ2) is 54.4. The molecule has 652 valence electrons. The SMILES string of the molecule is C[n+]1[c-]n(-c2[c-]c(F)cc(F)c2)cc1.C[n+]1[c-]n(-c2[c-]cc(F)cc2F)cc1.C[n+]1[c-]n(-c2[c-]cc(F)cc2F)cc1.C[n+]1[c-]n(-c2[c-]cc(F)cc2F)cc1.C[n+]1[c-]n(-c2[c-]cc(F)cc2F)cc1.C[n+]1[c-]n(-c2[c-]cc(F)cc2F)cc1.C[n+]1[c-]n(-c2[c-]cc(F)cc2F)cc1.Cc1c[c-]c(-n2[c-][n+](C)cc2)c(F)c1.[C-]#N.[C-]#N.[C-]#N.[C-]#N.[Ir].[Ir].[Ir].[Ir]. The van der Waals surface area contributed by atoms with Crippen LogP contribution in [0.25, 0.3) is 45.5 Å². The van der Waals surface area contributed by atoms with Gasteiger partial charge < -0.3 is 120 Å². The van der Waals surface area contributed by atoms with Crippen LogP contribution < -0.4 is 36.5 Å². The number of imidazole rings is 8. The Morgan fingerprint density at radius 1 is 0.234 bits per heavy atom. The number of hydrogen-bond acceptors (Lipinski definition) is 4. The summed E-state index contributed by atoms with van der Waals surface area (Å²) < 4.78 is 219. The van der Waals surface area contributed by atoms with E-state index in [1.807, 2.05) is 14.0 Å². The van der Waals surface area contributed by atoms with Crippen molar-refractivity contribution >= 4 is 0 Å². The summed E-state index contributed by atoms with van der Waals surface area (Å²) in [7, 11) is 14.2. The van der Waals surface area contributed by atoms with Crippen molar-refractivity contribution in [2.75, 3.05) is 0 Å². The first-order valence-electron chi connectivity index (χ1n) is 33.2. The van der Waals surface area contributed by atoms with Crippen LogP contribution in [0.15, 0.2) is 196 Å². The van der Waals surface area contributed by atoms with Crippen molar-refractivity contribution in [2.45, 2.75) is 6.92 Å². The molecule has 0 fully saturated rings. The molecule has 0 aliphatic heterocycles. The molecule has 0 aliphatic rings. The molecule has 0 atom stereocenters. The van der Waals surface area contributed by atoms with E-state index in [4.69, 9.17) is 47.3 Å². The number of benzene rings is 8. The van der Waals surface area contributed by atoms with E-state index >= 15 is 0 Å². The van der Waals surface area contributed by atoms with Gasteiger partial charge in [-0.25, -0.2) is 8.78 Å². The van der Waals surface area contributed by atoms with E-state index in [1.54, 1.807) is 196 Å². The fourth-order valence-electron chi connectivity index (χ4n) is 9.33. The van der Waals surface area contributed by atoms with Crippen LogP contribution in [0.1, 0.15) is 5.56 Å². The van der Waals surface area contributed by atoms with Gasteiger partial charge >= 0.3 is 0 Å². The third kappa shape index (κ3) is 33.7. The average Bonchev–Trinajstić information content (AvgIpc) is 1.65. The molecule has 8 heterocycles. The Hall–Kier alpha value is -13.1. The molecular weight excluding hydrogens is 2350 g/mol. The normalized spacial score (nSPS) is 9.55. The summed E-state index contributed by atoms with van der Waals surface area (Å²) in [6, 6.07) is 37.0. The van der Waals surface area contributed by atoms with Crippen LogP contribution in [0.3, 0.4) is 0 Å². The fourth-order valence-corrected chi connectivity index (χ4v) is 9.33. The number of aryl methyl sites for hydroxylation is 9. The van der Waals surface area contributed by atoms with Gasteiger partial charge in [-0.05, 0) is 39.8 Å². The summed E-state index contributed by atoms with van der Waals surface area (Å²) in [5.41, 5.74) is 2.51. The maximum atomic E-state index is 13.5. The maximum Gasteiger partial charge on any atom is 0.241 e. The van der Waals surface area contributed by atoms with Gasteiger partial charge in [0.15, 0.2) is 0 Å². The van der Waals surface area contributed by atoms with Crippen molar-refractivity contribution in [3.8, 4) is 45.5 Å². The topological polar surface area (TPSA) is 166 Å². The summed E-state index contributed by atoms with van der Waals surface area (Å²) in [6.07, 6.45) is 49.3. The first kappa shape index (κ1) is 109. The summed E-state index contributed by atoms with van der Waals surface area (Å²) in [5, 5.41) is 25.0. The zero-order chi connectivity index (χ0) is 89.0. The smallest absolute Gasteiger partial charge is 0.241 e. The Labute approximate surface area is 758 Å². The summed E-state index contributed by atoms with van der Waals surface area (Å²) in [6.45, 7) is 20.8. The van der Waals surface area contributed by atoms with Gasteiger partial charge in [-0.3, -0.25) is 57.1 Å². The molecule has 0 N–H and O–H groups in total. The third-order valence-electron chi connectivity index (χ3n) is 14.4. The monoisotopic (exact) mass is 2420 g/mol. The third-order valence-corrected chi connectivity index (χ3v) is 14.4. The molecule has 0 saturated carbocycles. The molecule has 124 heavy (non-hydrogen) atoms. The van der Waals surface area contributed by atoms with Gasteiger partial charge in [0.1, 0.15) is 0 Å². The number of aromatic nitrogens is 16. The second-order valence-electron chi connectivity index (χ2n) is 23.5. The molecule has 0 saturated heterocycles. The fraction of sp³-hybridized carbons (Fsp3) is 0.106. The molecule has 20 nitrogen and oxygen atoms in total. The zero-order valence-corrected chi connectivity index (χ0v) is 75.0. The largest absolute Gasteiger partial charge is 0.512 e. The van der Waals surface area contributed by atoms with E-state index in [0.29, 0.717) is 11.4 Å². The first-order chi connectivity index (χ1) is 57.3. The summed E-state index contributed by atoms with van der Waals surface area (Å²) in [5.74, 6) is -9.37. The molecule has 8 aromatic heterocycles. The molecular formula is C85H59F15Ir4N20-12. The molecule has 39 heteroatoms. The van der Waals surface area contributed by atoms with Crippen LogP contribution in [0, 0.1) is 241 Å². The van der Waals surface area contributed by atoms with Gasteiger partial charge in [-0.2, -0.15) is 54.1 Å². The van der Waals surface area contributed by atoms with E-state index in [-0.39, 0.29) is 120 Å². The Balaban J connectivity index is 0.000000697. The van der Waals surface area contributed by atoms with Crippen molar-refractivity contribution in [1.82, 2.24) is 36.5 Å². The Morgan fingerprint density at radius 3 is 0.556 bits per heavy atom. The van der Waals surface area contributed by atoms with Gasteiger partial charge in [0, 0.05) is 267 Å². The quantitative estimate of drug-likeness (QED) is 0.0840. The van der Waals surface area contributed by atoms with Gasteiger partial charge in [-0.15, -0.1) is 97.1 Å². The minimum Gasteiger partial charge on any atom is -0.512 e. The Bertz CT molecular complexity index is 5160. The number of hydrogen-bond donors (Lipinski definition) is 0. The number of rotatable bonds is 8. The Kier molecular flexibility index (Phi) is 47.8. The zero-order valence-electron chi connectivity index (χ0n) is 65.4. The molecule has 4 radical (unpaired) electrons. The molecule has 0 amide bonds. The van der Waals surface area contributed by atoms with Crippen molar-refractivity contribution in [3.63, 3.8) is 0 Å². The minimum absolute atomic E-state index is 0. The van der Waals surface area contributed by atoms with Gasteiger partial charge in [0.2, 0.25) is 50.6 Å². The predicted molar refractivity (Wildman–Crippen MR) is 381 cm³/mol. The average molecular weight is 2410 g/mol. The Morgan fingerprint density at radius 2 is 0.403 bits per heavy atom. The molecule has 0 bridgehead atoms. The molecule has 0 aliphatic carbocycles. The van der Waals surface area contributed by atoms with Crippen molar-refractivity contribution in [1.29, 1.82) is 21.0 Å². The summed E-state index contributed by atoms with van der Waals surface area (Å²) in [4.78, 5) is 0. The molecule has 0 spiro atoms. The van der Waals surface area contributed by atoms with Crippen LogP contribution in [-0.2, 0) is 137 Å². The van der Waals surface area contributed by atoms with Gasteiger partial charge in [0.05, 0.1) is 56.4 Å². The molecule has 16 rings (SSSR count). The van der Waals surface area contributed by atoms with E-state index in [1.165, 1.54) is 44.1 Å². The second-order valence-corrected chi connectivity index (χ2v) is 23.5. The predicted octanol–water partition coefficient (Wildman–Crippen LogP) is 9.99. The van der Waals surface area contributed by atoms with E-state index in [9.17, 15) is 65.9 Å². The van der Waals surface area contributed by atoms with E-state index in [2.05, 4.69) is 99.1 Å². The van der Waals surface area contributed by atoms with Crippen molar-refractivity contribution in [2.24, 2.45) is 56.4 Å². The van der Waals surface area contributed by atoms with Crippen LogP contribution in [0.4, 0.5) is 65.9 Å². The van der Waals surface area contributed by atoms with Crippen molar-refractivity contribution in [3.05, 3.63) is 414 Å². The number of halogens is 15. The first-order valence-corrected chi connectivity index (χ1v) is 33.2. The van der Waals surface area contributed by atoms with Gasteiger partial charge in [-0.1, -0.05) is 12.6 Å². The van der Waals surface area contributed by atoms with Crippen molar-refractivity contribution < 1.29 is 183 Å². The number of nitrogens with zero attached hydrogens (tertiary/aromatic N) is 20. The molecule has 16 aromatic rings. The van der Waals surface area contributed by atoms with Crippen LogP contribution >= 0.6 is 0 Å². The molecule has 0 unspecified atom stereocenters. The van der Waals surface area contributed by atoms with Crippen LogP contribution in [-0.4, -0.2) is 36.5 Å². The standard InChI is InChI=1S/C11H10FN2.7C10H7F2N2.4CN.4Ir/c1-9-3-4-11(10(12)7-9)14-6-5-13(2)8-14;1-13-2-3-14(7-13)10-5-8(11)4-9(12)6-10;6*1-13-4-5-14(7-13)10-3-2-8(11)6-9(10)12;4*1-2;;;;/h3,5-7H,1-2H3;2-5H,1H3;6*2,4-6H,1H3;;;;;;;;/q12*-1;;;;. The maximum absolute atomic E-state index is 13.5. The minimum atomic E-state index is -0.718. The van der Waals surface area contributed by atoms with Crippen LogP contribution in [0.5, 0.6) is 0 Å².